The molecule has 4 heteroatoms. The van der Waals surface area contributed by atoms with Crippen LogP contribution in [-0.4, -0.2) is 49.5 Å². The lowest BCUT2D eigenvalue weighted by atomic mass is 10.1. The van der Waals surface area contributed by atoms with E-state index in [9.17, 15) is 5.11 Å². The highest BCUT2D eigenvalue weighted by molar-refractivity contribution is 5.28. The SMILES string of the molecule is CCOc1ccc(C(O)CN2CCCOCC2)cc1. The summed E-state index contributed by atoms with van der Waals surface area (Å²) in [6, 6.07) is 7.69. The molecule has 1 aromatic rings. The molecule has 1 saturated heterocycles. The molecule has 1 heterocycles. The average molecular weight is 265 g/mol. The lowest BCUT2D eigenvalue weighted by Crippen LogP contribution is -2.31. The van der Waals surface area contributed by atoms with Crippen LogP contribution in [0.25, 0.3) is 0 Å². The first-order valence-electron chi connectivity index (χ1n) is 7.00. The minimum Gasteiger partial charge on any atom is -0.494 e. The first kappa shape index (κ1) is 14.3. The molecule has 1 aliphatic rings. The molecule has 106 valence electrons. The molecule has 0 aromatic heterocycles. The summed E-state index contributed by atoms with van der Waals surface area (Å²) in [5, 5.41) is 10.3. The molecule has 2 rings (SSSR count). The number of rotatable bonds is 5. The maximum Gasteiger partial charge on any atom is 0.119 e. The van der Waals surface area contributed by atoms with Gasteiger partial charge >= 0.3 is 0 Å². The standard InChI is InChI=1S/C15H23NO3/c1-2-19-14-6-4-13(5-7-14)15(17)12-16-8-3-10-18-11-9-16/h4-7,15,17H,2-3,8-12H2,1H3. The third-order valence-electron chi connectivity index (χ3n) is 3.32. The van der Waals surface area contributed by atoms with E-state index in [1.165, 1.54) is 0 Å². The van der Waals surface area contributed by atoms with E-state index < -0.39 is 6.10 Å². The number of nitrogens with zero attached hydrogens (tertiary/aromatic N) is 1. The van der Waals surface area contributed by atoms with Crippen LogP contribution in [0.4, 0.5) is 0 Å². The van der Waals surface area contributed by atoms with Gasteiger partial charge in [-0.1, -0.05) is 12.1 Å². The number of aliphatic hydroxyl groups is 1. The van der Waals surface area contributed by atoms with Crippen molar-refractivity contribution in [2.24, 2.45) is 0 Å². The van der Waals surface area contributed by atoms with Crippen LogP contribution >= 0.6 is 0 Å². The Bertz CT molecular complexity index is 358. The first-order valence-corrected chi connectivity index (χ1v) is 7.00. The summed E-state index contributed by atoms with van der Waals surface area (Å²) in [7, 11) is 0. The smallest absolute Gasteiger partial charge is 0.119 e. The highest BCUT2D eigenvalue weighted by atomic mass is 16.5. The normalized spacial score (nSPS) is 18.8. The summed E-state index contributed by atoms with van der Waals surface area (Å²) in [5.74, 6) is 0.849. The number of hydrogen-bond acceptors (Lipinski definition) is 4. The molecule has 0 spiro atoms. The zero-order valence-electron chi connectivity index (χ0n) is 11.5. The van der Waals surface area contributed by atoms with Crippen molar-refractivity contribution >= 4 is 0 Å². The van der Waals surface area contributed by atoms with Gasteiger partial charge in [-0.3, -0.25) is 4.90 Å². The molecular formula is C15H23NO3. The van der Waals surface area contributed by atoms with Crippen molar-refractivity contribution in [1.29, 1.82) is 0 Å². The summed E-state index contributed by atoms with van der Waals surface area (Å²) < 4.78 is 10.8. The van der Waals surface area contributed by atoms with Gasteiger partial charge in [0.2, 0.25) is 0 Å². The van der Waals surface area contributed by atoms with Gasteiger partial charge in [-0.25, -0.2) is 0 Å². The van der Waals surface area contributed by atoms with Crippen LogP contribution in [0.2, 0.25) is 0 Å². The molecule has 1 atom stereocenters. The minimum atomic E-state index is -0.450. The molecule has 0 aliphatic carbocycles. The van der Waals surface area contributed by atoms with Gasteiger partial charge in [-0.05, 0) is 31.0 Å². The molecule has 1 N–H and O–H groups in total. The predicted octanol–water partition coefficient (Wildman–Crippen LogP) is 1.84. The van der Waals surface area contributed by atoms with Crippen LogP contribution in [0.3, 0.4) is 0 Å². The van der Waals surface area contributed by atoms with E-state index in [0.29, 0.717) is 13.2 Å². The fourth-order valence-electron chi connectivity index (χ4n) is 2.28. The van der Waals surface area contributed by atoms with Crippen molar-refractivity contribution in [3.63, 3.8) is 0 Å². The van der Waals surface area contributed by atoms with Gasteiger partial charge in [0.05, 0.1) is 19.3 Å². The summed E-state index contributed by atoms with van der Waals surface area (Å²) in [5.41, 5.74) is 0.939. The fraction of sp³-hybridized carbons (Fsp3) is 0.600. The lowest BCUT2D eigenvalue weighted by Gasteiger charge is -2.22. The zero-order chi connectivity index (χ0) is 13.5. The molecule has 0 bridgehead atoms. The van der Waals surface area contributed by atoms with E-state index in [-0.39, 0.29) is 0 Å². The fourth-order valence-corrected chi connectivity index (χ4v) is 2.28. The highest BCUT2D eigenvalue weighted by Gasteiger charge is 2.15. The van der Waals surface area contributed by atoms with E-state index in [1.807, 2.05) is 31.2 Å². The van der Waals surface area contributed by atoms with Gasteiger partial charge in [0.25, 0.3) is 0 Å². The topological polar surface area (TPSA) is 41.9 Å². The Labute approximate surface area is 114 Å². The molecule has 4 nitrogen and oxygen atoms in total. The largest absolute Gasteiger partial charge is 0.494 e. The Balaban J connectivity index is 1.89. The van der Waals surface area contributed by atoms with Crippen LogP contribution in [0.15, 0.2) is 24.3 Å². The quantitative estimate of drug-likeness (QED) is 0.882. The minimum absolute atomic E-state index is 0.450. The Hall–Kier alpha value is -1.10. The maximum atomic E-state index is 10.3. The van der Waals surface area contributed by atoms with Crippen LogP contribution < -0.4 is 4.74 Å². The van der Waals surface area contributed by atoms with Crippen molar-refractivity contribution in [3.05, 3.63) is 29.8 Å². The van der Waals surface area contributed by atoms with Crippen molar-refractivity contribution in [2.75, 3.05) is 39.5 Å². The highest BCUT2D eigenvalue weighted by Crippen LogP contribution is 2.19. The van der Waals surface area contributed by atoms with Gasteiger partial charge in [0.15, 0.2) is 0 Å². The molecule has 1 fully saturated rings. The van der Waals surface area contributed by atoms with Crippen LogP contribution in [0.1, 0.15) is 25.0 Å². The van der Waals surface area contributed by atoms with E-state index in [4.69, 9.17) is 9.47 Å². The van der Waals surface area contributed by atoms with Gasteiger partial charge in [-0.15, -0.1) is 0 Å². The predicted molar refractivity (Wildman–Crippen MR) is 74.4 cm³/mol. The molecule has 1 aliphatic heterocycles. The lowest BCUT2D eigenvalue weighted by molar-refractivity contribution is 0.103. The molecular weight excluding hydrogens is 242 g/mol. The van der Waals surface area contributed by atoms with Crippen molar-refractivity contribution in [3.8, 4) is 5.75 Å². The maximum absolute atomic E-state index is 10.3. The molecule has 0 amide bonds. The van der Waals surface area contributed by atoms with E-state index in [2.05, 4.69) is 4.90 Å². The van der Waals surface area contributed by atoms with E-state index in [0.717, 1.165) is 44.0 Å². The summed E-state index contributed by atoms with van der Waals surface area (Å²) >= 11 is 0. The second-order valence-corrected chi connectivity index (χ2v) is 4.78. The molecule has 19 heavy (non-hydrogen) atoms. The number of aliphatic hydroxyl groups excluding tert-OH is 1. The molecule has 1 aromatic carbocycles. The monoisotopic (exact) mass is 265 g/mol. The zero-order valence-corrected chi connectivity index (χ0v) is 11.5. The molecule has 0 radical (unpaired) electrons. The first-order chi connectivity index (χ1) is 9.29. The van der Waals surface area contributed by atoms with E-state index in [1.54, 1.807) is 0 Å². The van der Waals surface area contributed by atoms with Crippen LogP contribution in [0.5, 0.6) is 5.75 Å². The molecule has 1 unspecified atom stereocenters. The van der Waals surface area contributed by atoms with Gasteiger partial charge in [-0.2, -0.15) is 0 Å². The number of hydrogen-bond donors (Lipinski definition) is 1. The molecule has 0 saturated carbocycles. The second kappa shape index (κ2) is 7.48. The van der Waals surface area contributed by atoms with Gasteiger partial charge in [0.1, 0.15) is 5.75 Å². The Morgan fingerprint density at radius 3 is 2.79 bits per heavy atom. The van der Waals surface area contributed by atoms with Crippen molar-refractivity contribution < 1.29 is 14.6 Å². The van der Waals surface area contributed by atoms with Crippen LogP contribution in [0, 0.1) is 0 Å². The number of benzene rings is 1. The summed E-state index contributed by atoms with van der Waals surface area (Å²) in [6.07, 6.45) is 0.587. The third-order valence-corrected chi connectivity index (χ3v) is 3.32. The number of ether oxygens (including phenoxy) is 2. The van der Waals surface area contributed by atoms with Crippen molar-refractivity contribution in [2.45, 2.75) is 19.4 Å². The Kier molecular flexibility index (Phi) is 5.63. The Morgan fingerprint density at radius 1 is 1.26 bits per heavy atom. The average Bonchev–Trinajstić information content (AvgIpc) is 2.68. The van der Waals surface area contributed by atoms with Gasteiger partial charge < -0.3 is 14.6 Å². The van der Waals surface area contributed by atoms with Crippen LogP contribution in [-0.2, 0) is 4.74 Å². The number of β-amino-alcohol motifs (C(OH)–C–C–N with tert-alkyl or cyclic N) is 1. The third kappa shape index (κ3) is 4.49. The Morgan fingerprint density at radius 2 is 2.05 bits per heavy atom. The summed E-state index contributed by atoms with van der Waals surface area (Å²) in [4.78, 5) is 2.26. The van der Waals surface area contributed by atoms with E-state index >= 15 is 0 Å². The summed E-state index contributed by atoms with van der Waals surface area (Å²) in [6.45, 7) is 6.77. The van der Waals surface area contributed by atoms with Crippen molar-refractivity contribution in [1.82, 2.24) is 4.90 Å². The van der Waals surface area contributed by atoms with Gasteiger partial charge in [0, 0.05) is 26.2 Å². The second-order valence-electron chi connectivity index (χ2n) is 4.78.